The van der Waals surface area contributed by atoms with Gasteiger partial charge >= 0.3 is 0 Å². The van der Waals surface area contributed by atoms with Gasteiger partial charge in [0.25, 0.3) is 5.91 Å². The van der Waals surface area contributed by atoms with Gasteiger partial charge in [0.15, 0.2) is 0 Å². The van der Waals surface area contributed by atoms with Crippen LogP contribution in [0.3, 0.4) is 0 Å². The summed E-state index contributed by atoms with van der Waals surface area (Å²) >= 11 is 1.47. The molecule has 1 atom stereocenters. The van der Waals surface area contributed by atoms with Crippen LogP contribution in [-0.2, 0) is 4.79 Å². The van der Waals surface area contributed by atoms with Crippen LogP contribution >= 0.6 is 23.7 Å². The van der Waals surface area contributed by atoms with Crippen molar-refractivity contribution in [2.75, 3.05) is 13.1 Å². The van der Waals surface area contributed by atoms with E-state index in [9.17, 15) is 9.59 Å². The van der Waals surface area contributed by atoms with Crippen molar-refractivity contribution < 1.29 is 9.59 Å². The maximum absolute atomic E-state index is 12.0. The van der Waals surface area contributed by atoms with Crippen molar-refractivity contribution in [1.29, 1.82) is 0 Å². The topological polar surface area (TPSA) is 84.2 Å². The molecule has 126 valence electrons. The van der Waals surface area contributed by atoms with Crippen LogP contribution in [0.25, 0.3) is 0 Å². The highest BCUT2D eigenvalue weighted by atomic mass is 35.5. The molecule has 0 radical (unpaired) electrons. The molecule has 22 heavy (non-hydrogen) atoms. The number of hydrogen-bond acceptors (Lipinski definition) is 4. The van der Waals surface area contributed by atoms with Crippen molar-refractivity contribution in [3.05, 3.63) is 22.4 Å². The molecule has 5 nitrogen and oxygen atoms in total. The Morgan fingerprint density at radius 1 is 1.41 bits per heavy atom. The third-order valence-electron chi connectivity index (χ3n) is 3.17. The lowest BCUT2D eigenvalue weighted by atomic mass is 9.90. The number of thiophene rings is 1. The van der Waals surface area contributed by atoms with Gasteiger partial charge in [0.1, 0.15) is 0 Å². The average molecular weight is 348 g/mol. The van der Waals surface area contributed by atoms with E-state index in [0.29, 0.717) is 24.6 Å². The first-order chi connectivity index (χ1) is 9.86. The summed E-state index contributed by atoms with van der Waals surface area (Å²) in [5.41, 5.74) is 6.01. The molecule has 1 aromatic rings. The van der Waals surface area contributed by atoms with Gasteiger partial charge in [0.05, 0.1) is 0 Å². The molecule has 0 spiro atoms. The molecule has 4 N–H and O–H groups in total. The minimum Gasteiger partial charge on any atom is -0.351 e. The van der Waals surface area contributed by atoms with Gasteiger partial charge in [-0.25, -0.2) is 0 Å². The molecule has 1 heterocycles. The minimum absolute atomic E-state index is 0. The Kier molecular flexibility index (Phi) is 9.32. The molecule has 1 unspecified atom stereocenters. The van der Waals surface area contributed by atoms with Gasteiger partial charge in [-0.05, 0) is 30.7 Å². The fourth-order valence-electron chi connectivity index (χ4n) is 2.27. The van der Waals surface area contributed by atoms with Crippen LogP contribution in [0.1, 0.15) is 44.0 Å². The first kappa shape index (κ1) is 20.9. The lowest BCUT2D eigenvalue weighted by Gasteiger charge is -2.31. The van der Waals surface area contributed by atoms with E-state index in [1.54, 1.807) is 11.4 Å². The second kappa shape index (κ2) is 9.82. The monoisotopic (exact) mass is 347 g/mol. The summed E-state index contributed by atoms with van der Waals surface area (Å²) in [6.07, 6.45) is 1.08. The van der Waals surface area contributed by atoms with E-state index < -0.39 is 0 Å². The van der Waals surface area contributed by atoms with Gasteiger partial charge in [0.2, 0.25) is 5.91 Å². The molecule has 0 aliphatic rings. The maximum Gasteiger partial charge on any atom is 0.252 e. The van der Waals surface area contributed by atoms with E-state index in [0.717, 1.165) is 6.42 Å². The molecule has 1 rings (SSSR count). The number of nitrogens with one attached hydrogen (secondary N) is 2. The fourth-order valence-corrected chi connectivity index (χ4v) is 2.91. The molecular formula is C15H26ClN3O2S. The molecule has 0 aliphatic carbocycles. The Morgan fingerprint density at radius 3 is 2.59 bits per heavy atom. The highest BCUT2D eigenvalue weighted by Gasteiger charge is 2.25. The zero-order chi connectivity index (χ0) is 15.9. The van der Waals surface area contributed by atoms with Gasteiger partial charge in [-0.2, -0.15) is 11.3 Å². The SMILES string of the molecule is CC(C)CC(C)(CN)NC(=O)CCNC(=O)c1ccsc1.Cl. The summed E-state index contributed by atoms with van der Waals surface area (Å²) in [5, 5.41) is 9.33. The Morgan fingerprint density at radius 2 is 2.09 bits per heavy atom. The van der Waals surface area contributed by atoms with Gasteiger partial charge in [0, 0.05) is 36.0 Å². The van der Waals surface area contributed by atoms with E-state index >= 15 is 0 Å². The van der Waals surface area contributed by atoms with Crippen molar-refractivity contribution in [2.24, 2.45) is 11.7 Å². The second-order valence-corrected chi connectivity index (χ2v) is 6.71. The van der Waals surface area contributed by atoms with Crippen LogP contribution in [0.2, 0.25) is 0 Å². The molecule has 1 aromatic heterocycles. The Hall–Kier alpha value is -1.11. The highest BCUT2D eigenvalue weighted by Crippen LogP contribution is 2.15. The summed E-state index contributed by atoms with van der Waals surface area (Å²) in [6.45, 7) is 6.87. The number of amides is 2. The molecule has 2 amide bonds. The lowest BCUT2D eigenvalue weighted by Crippen LogP contribution is -2.52. The predicted molar refractivity (Wildman–Crippen MR) is 93.6 cm³/mol. The smallest absolute Gasteiger partial charge is 0.252 e. The van der Waals surface area contributed by atoms with Crippen molar-refractivity contribution >= 4 is 35.6 Å². The Bertz CT molecular complexity index is 465. The summed E-state index contributed by atoms with van der Waals surface area (Å²) < 4.78 is 0. The Labute approximate surface area is 142 Å². The molecule has 0 bridgehead atoms. The van der Waals surface area contributed by atoms with Gasteiger partial charge in [-0.1, -0.05) is 13.8 Å². The molecular weight excluding hydrogens is 322 g/mol. The lowest BCUT2D eigenvalue weighted by molar-refractivity contribution is -0.122. The second-order valence-electron chi connectivity index (χ2n) is 5.93. The molecule has 0 aliphatic heterocycles. The van der Waals surface area contributed by atoms with Crippen LogP contribution in [-0.4, -0.2) is 30.4 Å². The molecule has 0 saturated carbocycles. The molecule has 7 heteroatoms. The van der Waals surface area contributed by atoms with Crippen LogP contribution in [0, 0.1) is 5.92 Å². The van der Waals surface area contributed by atoms with Crippen LogP contribution < -0.4 is 16.4 Å². The first-order valence-electron chi connectivity index (χ1n) is 7.18. The maximum atomic E-state index is 12.0. The van der Waals surface area contributed by atoms with Crippen molar-refractivity contribution in [2.45, 2.75) is 39.2 Å². The standard InChI is InChI=1S/C15H25N3O2S.ClH/c1-11(2)8-15(3,10-16)18-13(19)4-6-17-14(20)12-5-7-21-9-12;/h5,7,9,11H,4,6,8,10,16H2,1-3H3,(H,17,20)(H,18,19);1H. The minimum atomic E-state index is -0.386. The molecule has 0 fully saturated rings. The number of hydrogen-bond donors (Lipinski definition) is 3. The summed E-state index contributed by atoms with van der Waals surface area (Å²) in [5.74, 6) is 0.221. The zero-order valence-corrected chi connectivity index (χ0v) is 15.0. The summed E-state index contributed by atoms with van der Waals surface area (Å²) in [4.78, 5) is 23.7. The third-order valence-corrected chi connectivity index (χ3v) is 3.85. The highest BCUT2D eigenvalue weighted by molar-refractivity contribution is 7.08. The van der Waals surface area contributed by atoms with E-state index in [1.165, 1.54) is 11.3 Å². The molecule has 0 aromatic carbocycles. The quantitative estimate of drug-likeness (QED) is 0.673. The van der Waals surface area contributed by atoms with Crippen molar-refractivity contribution in [3.63, 3.8) is 0 Å². The predicted octanol–water partition coefficient (Wildman–Crippen LogP) is 2.17. The van der Waals surface area contributed by atoms with E-state index in [4.69, 9.17) is 5.73 Å². The third kappa shape index (κ3) is 7.24. The molecule has 0 saturated heterocycles. The van der Waals surface area contributed by atoms with Crippen molar-refractivity contribution in [1.82, 2.24) is 10.6 Å². The number of carbonyl (C=O) groups excluding carboxylic acids is 2. The van der Waals surface area contributed by atoms with E-state index in [-0.39, 0.29) is 36.2 Å². The summed E-state index contributed by atoms with van der Waals surface area (Å²) in [7, 11) is 0. The zero-order valence-electron chi connectivity index (χ0n) is 13.3. The Balaban J connectivity index is 0.00000441. The number of halogens is 1. The van der Waals surface area contributed by atoms with Gasteiger partial charge < -0.3 is 16.4 Å². The van der Waals surface area contributed by atoms with Crippen molar-refractivity contribution in [3.8, 4) is 0 Å². The van der Waals surface area contributed by atoms with E-state index in [2.05, 4.69) is 24.5 Å². The van der Waals surface area contributed by atoms with Crippen LogP contribution in [0.15, 0.2) is 16.8 Å². The largest absolute Gasteiger partial charge is 0.351 e. The first-order valence-corrected chi connectivity index (χ1v) is 8.12. The fraction of sp³-hybridized carbons (Fsp3) is 0.600. The van der Waals surface area contributed by atoms with Crippen LogP contribution in [0.5, 0.6) is 0 Å². The van der Waals surface area contributed by atoms with Gasteiger partial charge in [-0.3, -0.25) is 9.59 Å². The average Bonchev–Trinajstić information content (AvgIpc) is 2.91. The van der Waals surface area contributed by atoms with Crippen LogP contribution in [0.4, 0.5) is 0 Å². The normalized spacial score (nSPS) is 13.1. The van der Waals surface area contributed by atoms with Gasteiger partial charge in [-0.15, -0.1) is 12.4 Å². The number of rotatable bonds is 8. The number of carbonyl (C=O) groups is 2. The number of nitrogens with two attached hydrogens (primary N) is 1. The summed E-state index contributed by atoms with van der Waals surface area (Å²) in [6, 6.07) is 1.76. The van der Waals surface area contributed by atoms with E-state index in [1.807, 2.05) is 12.3 Å².